The molecule has 0 saturated heterocycles. The first-order chi connectivity index (χ1) is 12.1. The lowest BCUT2D eigenvalue weighted by atomic mass is 9.90. The second kappa shape index (κ2) is 7.21. The molecule has 0 aromatic heterocycles. The van der Waals surface area contributed by atoms with Crippen LogP contribution in [0.25, 0.3) is 0 Å². The minimum atomic E-state index is -4.79. The first kappa shape index (κ1) is 19.2. The van der Waals surface area contributed by atoms with Crippen molar-refractivity contribution in [2.24, 2.45) is 5.92 Å². The van der Waals surface area contributed by atoms with Crippen molar-refractivity contribution in [1.82, 2.24) is 0 Å². The van der Waals surface area contributed by atoms with E-state index in [0.717, 1.165) is 4.90 Å². The predicted octanol–water partition coefficient (Wildman–Crippen LogP) is 5.71. The lowest BCUT2D eigenvalue weighted by Gasteiger charge is -2.32. The highest BCUT2D eigenvalue weighted by Crippen LogP contribution is 2.43. The Morgan fingerprint density at radius 3 is 2.42 bits per heavy atom. The molecule has 2 atom stereocenters. The van der Waals surface area contributed by atoms with E-state index < -0.39 is 24.2 Å². The molecule has 1 N–H and O–H groups in total. The Labute approximate surface area is 161 Å². The number of carbonyl (C=O) groups is 1. The van der Waals surface area contributed by atoms with Crippen LogP contribution in [-0.2, 0) is 11.2 Å². The lowest BCUT2D eigenvalue weighted by molar-refractivity contribution is -0.217. The molecule has 3 rings (SSSR count). The number of aliphatic carboxylic acids is 1. The van der Waals surface area contributed by atoms with Crippen LogP contribution in [0.15, 0.2) is 46.2 Å². The summed E-state index contributed by atoms with van der Waals surface area (Å²) < 4.78 is 44.6. The van der Waals surface area contributed by atoms with Gasteiger partial charge < -0.3 is 9.84 Å². The molecule has 0 aliphatic carbocycles. The van der Waals surface area contributed by atoms with Gasteiger partial charge in [0.1, 0.15) is 11.7 Å². The van der Waals surface area contributed by atoms with Crippen molar-refractivity contribution >= 4 is 40.9 Å². The molecular weight excluding hydrogens is 412 g/mol. The fourth-order valence-electron chi connectivity index (χ4n) is 2.63. The molecule has 9 heteroatoms. The number of alkyl halides is 3. The summed E-state index contributed by atoms with van der Waals surface area (Å²) in [6.45, 7) is 0. The Hall–Kier alpha value is -1.57. The third-order valence-corrected chi connectivity index (χ3v) is 5.60. The van der Waals surface area contributed by atoms with Crippen LogP contribution in [-0.4, -0.2) is 23.4 Å². The van der Waals surface area contributed by atoms with E-state index in [1.165, 1.54) is 23.9 Å². The third kappa shape index (κ3) is 4.05. The molecule has 0 spiro atoms. The first-order valence-electron chi connectivity index (χ1n) is 7.37. The number of halogens is 5. The summed E-state index contributed by atoms with van der Waals surface area (Å²) in [4.78, 5) is 12.5. The van der Waals surface area contributed by atoms with Crippen LogP contribution in [0.2, 0.25) is 10.0 Å². The van der Waals surface area contributed by atoms with Crippen molar-refractivity contribution in [1.29, 1.82) is 0 Å². The molecule has 0 saturated carbocycles. The highest BCUT2D eigenvalue weighted by Gasteiger charge is 2.52. The molecule has 3 nitrogen and oxygen atoms in total. The van der Waals surface area contributed by atoms with Gasteiger partial charge in [-0.2, -0.15) is 13.2 Å². The van der Waals surface area contributed by atoms with Crippen LogP contribution in [0, 0.1) is 5.92 Å². The van der Waals surface area contributed by atoms with E-state index in [9.17, 15) is 18.0 Å². The third-order valence-electron chi connectivity index (χ3n) is 3.86. The summed E-state index contributed by atoms with van der Waals surface area (Å²) in [7, 11) is 0. The maximum absolute atomic E-state index is 13.2. The van der Waals surface area contributed by atoms with E-state index in [1.807, 2.05) is 0 Å². The van der Waals surface area contributed by atoms with Crippen LogP contribution < -0.4 is 4.74 Å². The van der Waals surface area contributed by atoms with E-state index in [2.05, 4.69) is 0 Å². The summed E-state index contributed by atoms with van der Waals surface area (Å²) in [5.41, 5.74) is 0.336. The molecule has 0 bridgehead atoms. The van der Waals surface area contributed by atoms with Crippen LogP contribution in [0.5, 0.6) is 5.75 Å². The lowest BCUT2D eigenvalue weighted by Crippen LogP contribution is -2.47. The van der Waals surface area contributed by atoms with Gasteiger partial charge in [0.05, 0.1) is 5.02 Å². The molecule has 0 fully saturated rings. The Morgan fingerprint density at radius 2 is 1.85 bits per heavy atom. The van der Waals surface area contributed by atoms with Gasteiger partial charge in [0, 0.05) is 14.8 Å². The maximum atomic E-state index is 13.2. The fraction of sp³-hybridized carbons (Fsp3) is 0.235. The SMILES string of the molecule is O=C(O)C1Cc2cc(Cl)c(Sc3ccc(Cl)cc3)cc2OC1C(F)(F)F. The van der Waals surface area contributed by atoms with Crippen molar-refractivity contribution in [3.05, 3.63) is 52.0 Å². The van der Waals surface area contributed by atoms with E-state index in [1.54, 1.807) is 24.3 Å². The second-order valence-corrected chi connectivity index (χ2v) is 7.63. The Morgan fingerprint density at radius 1 is 1.19 bits per heavy atom. The number of hydrogen-bond donors (Lipinski definition) is 1. The summed E-state index contributed by atoms with van der Waals surface area (Å²) in [5, 5.41) is 9.98. The van der Waals surface area contributed by atoms with Gasteiger partial charge in [-0.3, -0.25) is 4.79 Å². The van der Waals surface area contributed by atoms with Crippen molar-refractivity contribution in [2.75, 3.05) is 0 Å². The number of ether oxygens (including phenoxy) is 1. The standard InChI is InChI=1S/C17H11Cl2F3O3S/c18-9-1-3-10(4-2-9)26-14-7-13-8(6-12(14)19)5-11(16(23)24)15(25-13)17(20,21)22/h1-4,6-7,11,15H,5H2,(H,23,24). The zero-order valence-electron chi connectivity index (χ0n) is 12.9. The predicted molar refractivity (Wildman–Crippen MR) is 92.3 cm³/mol. The number of benzene rings is 2. The molecule has 2 unspecified atom stereocenters. The van der Waals surface area contributed by atoms with Gasteiger partial charge in [0.2, 0.25) is 6.10 Å². The molecule has 138 valence electrons. The smallest absolute Gasteiger partial charge is 0.426 e. The quantitative estimate of drug-likeness (QED) is 0.687. The summed E-state index contributed by atoms with van der Waals surface area (Å²) >= 11 is 13.3. The number of carboxylic acid groups (broad SMARTS) is 1. The molecular formula is C17H11Cl2F3O3S. The largest absolute Gasteiger partial charge is 0.481 e. The molecule has 2 aromatic carbocycles. The summed E-state index contributed by atoms with van der Waals surface area (Å²) in [5.74, 6) is -3.28. The minimum absolute atomic E-state index is 0.00862. The van der Waals surface area contributed by atoms with E-state index >= 15 is 0 Å². The van der Waals surface area contributed by atoms with Gasteiger partial charge in [0.15, 0.2) is 0 Å². The van der Waals surface area contributed by atoms with Gasteiger partial charge >= 0.3 is 12.1 Å². The average molecular weight is 423 g/mol. The number of fused-ring (bicyclic) bond motifs is 1. The van der Waals surface area contributed by atoms with Crippen LogP contribution >= 0.6 is 35.0 Å². The number of hydrogen-bond acceptors (Lipinski definition) is 3. The highest BCUT2D eigenvalue weighted by molar-refractivity contribution is 7.99. The Bertz CT molecular complexity index is 840. The van der Waals surface area contributed by atoms with Gasteiger partial charge in [-0.1, -0.05) is 35.0 Å². The van der Waals surface area contributed by atoms with Gasteiger partial charge in [0.25, 0.3) is 0 Å². The van der Waals surface area contributed by atoms with Crippen LogP contribution in [0.3, 0.4) is 0 Å². The van der Waals surface area contributed by atoms with Crippen molar-refractivity contribution in [3.63, 3.8) is 0 Å². The molecule has 1 aliphatic rings. The maximum Gasteiger partial charge on any atom is 0.426 e. The second-order valence-electron chi connectivity index (χ2n) is 5.68. The van der Waals surface area contributed by atoms with Crippen LogP contribution in [0.1, 0.15) is 5.56 Å². The molecule has 1 aliphatic heterocycles. The van der Waals surface area contributed by atoms with E-state index in [0.29, 0.717) is 20.5 Å². The van der Waals surface area contributed by atoms with Gasteiger partial charge in [-0.15, -0.1) is 0 Å². The van der Waals surface area contributed by atoms with Crippen molar-refractivity contribution in [3.8, 4) is 5.75 Å². The monoisotopic (exact) mass is 422 g/mol. The fourth-order valence-corrected chi connectivity index (χ4v) is 3.90. The van der Waals surface area contributed by atoms with E-state index in [-0.39, 0.29) is 12.2 Å². The average Bonchev–Trinajstić information content (AvgIpc) is 2.55. The molecule has 1 heterocycles. The topological polar surface area (TPSA) is 46.5 Å². The Balaban J connectivity index is 1.94. The minimum Gasteiger partial charge on any atom is -0.481 e. The van der Waals surface area contributed by atoms with Crippen molar-refractivity contribution < 1.29 is 27.8 Å². The normalized spacial score (nSPS) is 19.6. The zero-order valence-corrected chi connectivity index (χ0v) is 15.2. The van der Waals surface area contributed by atoms with E-state index in [4.69, 9.17) is 33.0 Å². The molecule has 26 heavy (non-hydrogen) atoms. The molecule has 0 radical (unpaired) electrons. The summed E-state index contributed by atoms with van der Waals surface area (Å²) in [6, 6.07) is 9.74. The van der Waals surface area contributed by atoms with Gasteiger partial charge in [-0.25, -0.2) is 0 Å². The number of carboxylic acids is 1. The van der Waals surface area contributed by atoms with Crippen LogP contribution in [0.4, 0.5) is 13.2 Å². The molecule has 2 aromatic rings. The summed E-state index contributed by atoms with van der Waals surface area (Å²) in [6.07, 6.45) is -7.49. The zero-order chi connectivity index (χ0) is 19.1. The number of rotatable bonds is 3. The molecule has 0 amide bonds. The van der Waals surface area contributed by atoms with Gasteiger partial charge in [-0.05, 0) is 48.4 Å². The first-order valence-corrected chi connectivity index (χ1v) is 8.94. The van der Waals surface area contributed by atoms with Crippen molar-refractivity contribution in [2.45, 2.75) is 28.5 Å². The highest BCUT2D eigenvalue weighted by atomic mass is 35.5. The Kier molecular flexibility index (Phi) is 5.33.